The largest absolute Gasteiger partial charge is 0.472 e. The molecule has 2 aromatic heterocycles. The van der Waals surface area contributed by atoms with Gasteiger partial charge in [0.2, 0.25) is 0 Å². The summed E-state index contributed by atoms with van der Waals surface area (Å²) in [5.74, 6) is -0.594. The smallest absolute Gasteiger partial charge is 0.451 e. The van der Waals surface area contributed by atoms with Crippen molar-refractivity contribution in [2.24, 2.45) is 0 Å². The third kappa shape index (κ3) is 3.42. The van der Waals surface area contributed by atoms with Gasteiger partial charge in [0, 0.05) is 5.69 Å². The number of phosphoric acid groups is 1. The molecule has 1 unspecified atom stereocenters. The highest BCUT2D eigenvalue weighted by molar-refractivity contribution is 7.47. The molecule has 5 N–H and O–H groups in total. The Bertz CT molecular complexity index is 1220. The fourth-order valence-corrected chi connectivity index (χ4v) is 4.56. The molecule has 0 amide bonds. The molecule has 13 nitrogen and oxygen atoms in total. The molecule has 2 aliphatic rings. The Kier molecular flexibility index (Phi) is 4.64. The van der Waals surface area contributed by atoms with Crippen LogP contribution >= 0.6 is 7.82 Å². The molecular formula is C17H17N6O7P. The molecule has 14 heteroatoms. The van der Waals surface area contributed by atoms with Crippen LogP contribution in [0.3, 0.4) is 0 Å². The molecular weight excluding hydrogens is 431 g/mol. The molecule has 0 aliphatic carbocycles. The summed E-state index contributed by atoms with van der Waals surface area (Å²) < 4.78 is 35.2. The van der Waals surface area contributed by atoms with Crippen molar-refractivity contribution in [3.63, 3.8) is 0 Å². The van der Waals surface area contributed by atoms with E-state index < -0.39 is 38.3 Å². The van der Waals surface area contributed by atoms with Gasteiger partial charge in [-0.15, -0.1) is 0 Å². The molecule has 0 bridgehead atoms. The van der Waals surface area contributed by atoms with Crippen molar-refractivity contribution in [3.8, 4) is 0 Å². The second-order valence-electron chi connectivity index (χ2n) is 6.94. The highest BCUT2D eigenvalue weighted by Crippen LogP contribution is 2.53. The molecule has 0 spiro atoms. The van der Waals surface area contributed by atoms with E-state index in [9.17, 15) is 14.3 Å². The number of phosphoric ester groups is 1. The van der Waals surface area contributed by atoms with Crippen LogP contribution in [0.2, 0.25) is 0 Å². The van der Waals surface area contributed by atoms with Crippen LogP contribution in [0.4, 0.5) is 11.5 Å². The highest BCUT2D eigenvalue weighted by Gasteiger charge is 2.55. The summed E-state index contributed by atoms with van der Waals surface area (Å²) >= 11 is 0. The zero-order chi connectivity index (χ0) is 21.8. The standard InChI is InChI=1S/C17H17N6O7P/c18-9-4-2-1-3-8(9)17(24)29-13-12-10(5-27-31(25,26)30-12)28-16(13)23-7-22-11-14(19)20-6-21-15(11)23/h1-4,6-7,10,12-13,16H,5,18H2,(H,25,26)(H2,19,20,21)/t10-,12-,13-,16-/m1/s1. The zero-order valence-corrected chi connectivity index (χ0v) is 16.7. The topological polar surface area (TPSA) is 187 Å². The second-order valence-corrected chi connectivity index (χ2v) is 8.35. The van der Waals surface area contributed by atoms with Crippen molar-refractivity contribution in [2.75, 3.05) is 18.1 Å². The molecule has 2 aliphatic heterocycles. The van der Waals surface area contributed by atoms with Gasteiger partial charge in [0.25, 0.3) is 0 Å². The van der Waals surface area contributed by atoms with E-state index in [0.717, 1.165) is 0 Å². The second kappa shape index (κ2) is 7.25. The molecule has 3 aromatic rings. The number of carbonyl (C=O) groups is 1. The average molecular weight is 448 g/mol. The number of nitrogen functional groups attached to an aromatic ring is 2. The van der Waals surface area contributed by atoms with Gasteiger partial charge in [-0.3, -0.25) is 13.6 Å². The number of carbonyl (C=O) groups excluding carboxylic acids is 1. The highest BCUT2D eigenvalue weighted by atomic mass is 31.2. The Morgan fingerprint density at radius 2 is 2.06 bits per heavy atom. The zero-order valence-electron chi connectivity index (χ0n) is 15.8. The third-order valence-corrected chi connectivity index (χ3v) is 6.01. The minimum absolute atomic E-state index is 0.131. The molecule has 31 heavy (non-hydrogen) atoms. The number of fused-ring (bicyclic) bond motifs is 2. The number of imidazole rings is 1. The summed E-state index contributed by atoms with van der Waals surface area (Å²) in [6, 6.07) is 6.36. The van der Waals surface area contributed by atoms with Gasteiger partial charge in [-0.25, -0.2) is 24.3 Å². The lowest BCUT2D eigenvalue weighted by molar-refractivity contribution is -0.0666. The van der Waals surface area contributed by atoms with Crippen LogP contribution in [-0.2, 0) is 23.1 Å². The Labute approximate surface area is 174 Å². The average Bonchev–Trinajstić information content (AvgIpc) is 3.30. The van der Waals surface area contributed by atoms with Gasteiger partial charge in [-0.05, 0) is 12.1 Å². The molecule has 5 rings (SSSR count). The summed E-state index contributed by atoms with van der Waals surface area (Å²) in [5.41, 5.74) is 12.7. The Morgan fingerprint density at radius 3 is 2.87 bits per heavy atom. The first-order chi connectivity index (χ1) is 14.8. The molecule has 162 valence electrons. The summed E-state index contributed by atoms with van der Waals surface area (Å²) in [5, 5.41) is 0. The number of esters is 1. The number of rotatable bonds is 3. The van der Waals surface area contributed by atoms with Gasteiger partial charge >= 0.3 is 13.8 Å². The van der Waals surface area contributed by atoms with Crippen molar-refractivity contribution in [1.29, 1.82) is 0 Å². The molecule has 2 saturated heterocycles. The summed E-state index contributed by atoms with van der Waals surface area (Å²) in [7, 11) is -4.34. The number of benzene rings is 1. The molecule has 0 radical (unpaired) electrons. The Balaban J connectivity index is 1.54. The van der Waals surface area contributed by atoms with E-state index in [0.29, 0.717) is 11.2 Å². The first-order valence-electron chi connectivity index (χ1n) is 9.14. The predicted molar refractivity (Wildman–Crippen MR) is 104 cm³/mol. The van der Waals surface area contributed by atoms with Crippen molar-refractivity contribution < 1.29 is 32.8 Å². The number of anilines is 2. The van der Waals surface area contributed by atoms with Crippen LogP contribution in [0, 0.1) is 0 Å². The van der Waals surface area contributed by atoms with Crippen LogP contribution in [0.1, 0.15) is 16.6 Å². The monoisotopic (exact) mass is 448 g/mol. The number of ether oxygens (including phenoxy) is 2. The fourth-order valence-electron chi connectivity index (χ4n) is 3.60. The molecule has 4 heterocycles. The van der Waals surface area contributed by atoms with Crippen molar-refractivity contribution >= 4 is 36.5 Å². The lowest BCUT2D eigenvalue weighted by atomic mass is 10.1. The van der Waals surface area contributed by atoms with Crippen LogP contribution in [0.25, 0.3) is 11.2 Å². The van der Waals surface area contributed by atoms with Crippen LogP contribution in [0.5, 0.6) is 0 Å². The van der Waals surface area contributed by atoms with Gasteiger partial charge in [-0.2, -0.15) is 0 Å². The van der Waals surface area contributed by atoms with Crippen LogP contribution in [-0.4, -0.2) is 55.3 Å². The van der Waals surface area contributed by atoms with Crippen LogP contribution in [0.15, 0.2) is 36.9 Å². The van der Waals surface area contributed by atoms with E-state index in [1.54, 1.807) is 18.2 Å². The number of nitrogens with zero attached hydrogens (tertiary/aromatic N) is 4. The number of hydrogen-bond acceptors (Lipinski definition) is 11. The molecule has 5 atom stereocenters. The van der Waals surface area contributed by atoms with Crippen molar-refractivity contribution in [3.05, 3.63) is 42.5 Å². The van der Waals surface area contributed by atoms with Gasteiger partial charge in [0.05, 0.1) is 18.5 Å². The summed E-state index contributed by atoms with van der Waals surface area (Å²) in [6.07, 6.45) is -1.36. The number of para-hydroxylation sites is 1. The predicted octanol–water partition coefficient (Wildman–Crippen LogP) is 0.629. The van der Waals surface area contributed by atoms with Crippen molar-refractivity contribution in [2.45, 2.75) is 24.5 Å². The summed E-state index contributed by atoms with van der Waals surface area (Å²) in [6.45, 7) is -0.236. The van der Waals surface area contributed by atoms with E-state index >= 15 is 0 Å². The maximum absolute atomic E-state index is 12.8. The first-order valence-corrected chi connectivity index (χ1v) is 10.6. The maximum Gasteiger partial charge on any atom is 0.472 e. The molecule has 0 saturated carbocycles. The maximum atomic E-state index is 12.8. The van der Waals surface area contributed by atoms with E-state index in [1.165, 1.54) is 23.3 Å². The Hall–Kier alpha value is -3.09. The Morgan fingerprint density at radius 1 is 1.26 bits per heavy atom. The van der Waals surface area contributed by atoms with E-state index in [2.05, 4.69) is 15.0 Å². The normalized spacial score (nSPS) is 30.2. The minimum Gasteiger partial charge on any atom is -0.451 e. The number of hydrogen-bond donors (Lipinski definition) is 3. The lowest BCUT2D eigenvalue weighted by Crippen LogP contribution is -2.41. The van der Waals surface area contributed by atoms with Gasteiger partial charge < -0.3 is 25.8 Å². The van der Waals surface area contributed by atoms with Gasteiger partial charge in [0.1, 0.15) is 24.1 Å². The van der Waals surface area contributed by atoms with Gasteiger partial charge in [0.15, 0.2) is 23.8 Å². The third-order valence-electron chi connectivity index (χ3n) is 5.03. The molecule has 2 fully saturated rings. The summed E-state index contributed by atoms with van der Waals surface area (Å²) in [4.78, 5) is 34.9. The van der Waals surface area contributed by atoms with Crippen LogP contribution < -0.4 is 11.5 Å². The SMILES string of the molecule is Nc1ccccc1C(=O)O[C@@H]1[C@@H]2OP(=O)(O)OC[C@H]2O[C@H]1n1cnc2c(N)ncnc21. The van der Waals surface area contributed by atoms with E-state index in [4.69, 9.17) is 30.0 Å². The van der Waals surface area contributed by atoms with E-state index in [1.807, 2.05) is 0 Å². The quantitative estimate of drug-likeness (QED) is 0.288. The van der Waals surface area contributed by atoms with Crippen molar-refractivity contribution in [1.82, 2.24) is 19.5 Å². The minimum atomic E-state index is -4.34. The fraction of sp³-hybridized carbons (Fsp3) is 0.294. The number of aromatic nitrogens is 4. The van der Waals surface area contributed by atoms with E-state index in [-0.39, 0.29) is 23.7 Å². The van der Waals surface area contributed by atoms with Gasteiger partial charge in [-0.1, -0.05) is 12.1 Å². The first kappa shape index (κ1) is 19.8. The molecule has 1 aromatic carbocycles. The number of nitrogens with two attached hydrogens (primary N) is 2. The lowest BCUT2D eigenvalue weighted by Gasteiger charge is -2.29.